The molecule has 4 rings (SSSR count). The molecule has 34 heavy (non-hydrogen) atoms. The third-order valence-electron chi connectivity index (χ3n) is 5.90. The maximum absolute atomic E-state index is 12.9. The Morgan fingerprint density at radius 3 is 2.29 bits per heavy atom. The van der Waals surface area contributed by atoms with Gasteiger partial charge in [0.2, 0.25) is 0 Å². The minimum absolute atomic E-state index is 0.0561. The second kappa shape index (κ2) is 10.4. The van der Waals surface area contributed by atoms with E-state index in [1.54, 1.807) is 24.3 Å². The zero-order valence-corrected chi connectivity index (χ0v) is 20.5. The molecule has 1 aliphatic rings. The molecule has 8 heteroatoms. The third-order valence-corrected chi connectivity index (χ3v) is 6.50. The number of methoxy groups -OCH3 is 1. The fourth-order valence-electron chi connectivity index (χ4n) is 3.99. The van der Waals surface area contributed by atoms with Crippen LogP contribution in [0.25, 0.3) is 0 Å². The van der Waals surface area contributed by atoms with Crippen LogP contribution in [0.5, 0.6) is 5.75 Å². The number of aryl methyl sites for hydroxylation is 1. The number of amides is 2. The van der Waals surface area contributed by atoms with Crippen LogP contribution >= 0.6 is 23.2 Å². The average molecular weight is 498 g/mol. The number of carbonyl (C=O) groups is 2. The molecule has 0 atom stereocenters. The van der Waals surface area contributed by atoms with E-state index in [-0.39, 0.29) is 11.8 Å². The first kappa shape index (κ1) is 23.9. The number of nitrogens with one attached hydrogen (secondary N) is 1. The lowest BCUT2D eigenvalue weighted by molar-refractivity contribution is 0.0746. The smallest absolute Gasteiger partial charge is 0.255 e. The highest BCUT2D eigenvalue weighted by Crippen LogP contribution is 2.31. The fourth-order valence-corrected chi connectivity index (χ4v) is 4.54. The van der Waals surface area contributed by atoms with Crippen molar-refractivity contribution in [1.82, 2.24) is 4.90 Å². The van der Waals surface area contributed by atoms with Crippen LogP contribution in [-0.2, 0) is 0 Å². The molecule has 1 fully saturated rings. The number of anilines is 2. The average Bonchev–Trinajstić information content (AvgIpc) is 2.84. The molecule has 3 aromatic carbocycles. The minimum atomic E-state index is -0.295. The van der Waals surface area contributed by atoms with Crippen molar-refractivity contribution < 1.29 is 14.3 Å². The number of halogens is 2. The SMILES string of the molecule is COc1ccc(C(=O)Nc2ccc(N3CCN(C(=O)c4ccccc4C)CC3)c(Cl)c2)cc1Cl. The lowest BCUT2D eigenvalue weighted by Crippen LogP contribution is -2.49. The van der Waals surface area contributed by atoms with E-state index in [1.165, 1.54) is 7.11 Å². The second-order valence-corrected chi connectivity index (χ2v) is 8.88. The predicted molar refractivity (Wildman–Crippen MR) is 137 cm³/mol. The van der Waals surface area contributed by atoms with Gasteiger partial charge in [0.15, 0.2) is 0 Å². The highest BCUT2D eigenvalue weighted by Gasteiger charge is 2.24. The Bertz CT molecular complexity index is 1220. The summed E-state index contributed by atoms with van der Waals surface area (Å²) in [5, 5.41) is 3.74. The van der Waals surface area contributed by atoms with E-state index in [1.807, 2.05) is 48.2 Å². The van der Waals surface area contributed by atoms with Crippen molar-refractivity contribution in [3.8, 4) is 5.75 Å². The molecule has 0 spiro atoms. The van der Waals surface area contributed by atoms with Crippen LogP contribution in [0.3, 0.4) is 0 Å². The first-order chi connectivity index (χ1) is 16.4. The largest absolute Gasteiger partial charge is 0.495 e. The maximum atomic E-state index is 12.9. The van der Waals surface area contributed by atoms with Gasteiger partial charge in [-0.15, -0.1) is 0 Å². The minimum Gasteiger partial charge on any atom is -0.495 e. The first-order valence-corrected chi connectivity index (χ1v) is 11.7. The number of hydrogen-bond acceptors (Lipinski definition) is 4. The van der Waals surface area contributed by atoms with E-state index < -0.39 is 0 Å². The van der Waals surface area contributed by atoms with Crippen molar-refractivity contribution in [1.29, 1.82) is 0 Å². The molecule has 3 aromatic rings. The van der Waals surface area contributed by atoms with Crippen molar-refractivity contribution in [2.75, 3.05) is 43.5 Å². The molecule has 0 saturated carbocycles. The highest BCUT2D eigenvalue weighted by molar-refractivity contribution is 6.34. The van der Waals surface area contributed by atoms with E-state index in [9.17, 15) is 9.59 Å². The van der Waals surface area contributed by atoms with Gasteiger partial charge in [0, 0.05) is 43.0 Å². The Balaban J connectivity index is 1.39. The van der Waals surface area contributed by atoms with Crippen LogP contribution in [0.4, 0.5) is 11.4 Å². The lowest BCUT2D eigenvalue weighted by Gasteiger charge is -2.36. The second-order valence-electron chi connectivity index (χ2n) is 8.06. The highest BCUT2D eigenvalue weighted by atomic mass is 35.5. The van der Waals surface area contributed by atoms with Crippen LogP contribution in [0.1, 0.15) is 26.3 Å². The van der Waals surface area contributed by atoms with Crippen LogP contribution in [-0.4, -0.2) is 50.0 Å². The normalized spacial score (nSPS) is 13.5. The summed E-state index contributed by atoms with van der Waals surface area (Å²) in [6, 6.07) is 17.9. The summed E-state index contributed by atoms with van der Waals surface area (Å²) in [4.78, 5) is 29.5. The van der Waals surface area contributed by atoms with Crippen LogP contribution in [0.2, 0.25) is 10.0 Å². The quantitative estimate of drug-likeness (QED) is 0.503. The Kier molecular flexibility index (Phi) is 7.29. The molecule has 0 radical (unpaired) electrons. The predicted octanol–water partition coefficient (Wildman–Crippen LogP) is 5.53. The number of benzene rings is 3. The summed E-state index contributed by atoms with van der Waals surface area (Å²) in [5.41, 5.74) is 3.59. The number of hydrogen-bond donors (Lipinski definition) is 1. The number of piperazine rings is 1. The molecular formula is C26H25Cl2N3O3. The van der Waals surface area contributed by atoms with Gasteiger partial charge in [0.1, 0.15) is 5.75 Å². The van der Waals surface area contributed by atoms with Gasteiger partial charge in [-0.3, -0.25) is 9.59 Å². The van der Waals surface area contributed by atoms with Gasteiger partial charge < -0.3 is 19.9 Å². The molecule has 6 nitrogen and oxygen atoms in total. The summed E-state index contributed by atoms with van der Waals surface area (Å²) < 4.78 is 5.12. The Morgan fingerprint density at radius 1 is 0.912 bits per heavy atom. The summed E-state index contributed by atoms with van der Waals surface area (Å²) >= 11 is 12.7. The summed E-state index contributed by atoms with van der Waals surface area (Å²) in [6.07, 6.45) is 0. The lowest BCUT2D eigenvalue weighted by atomic mass is 10.1. The molecule has 2 amide bonds. The van der Waals surface area contributed by atoms with E-state index >= 15 is 0 Å². The van der Waals surface area contributed by atoms with E-state index in [2.05, 4.69) is 10.2 Å². The van der Waals surface area contributed by atoms with Gasteiger partial charge in [-0.05, 0) is 55.0 Å². The third kappa shape index (κ3) is 5.13. The summed E-state index contributed by atoms with van der Waals surface area (Å²) in [6.45, 7) is 4.52. The molecule has 1 N–H and O–H groups in total. The zero-order valence-electron chi connectivity index (χ0n) is 19.0. The van der Waals surface area contributed by atoms with Crippen molar-refractivity contribution in [2.45, 2.75) is 6.92 Å². The molecule has 1 heterocycles. The molecule has 1 saturated heterocycles. The monoisotopic (exact) mass is 497 g/mol. The fraction of sp³-hybridized carbons (Fsp3) is 0.231. The van der Waals surface area contributed by atoms with Gasteiger partial charge in [0.25, 0.3) is 11.8 Å². The zero-order chi connectivity index (χ0) is 24.2. The number of nitrogens with zero attached hydrogens (tertiary/aromatic N) is 2. The van der Waals surface area contributed by atoms with Crippen LogP contribution < -0.4 is 15.0 Å². The Morgan fingerprint density at radius 2 is 1.65 bits per heavy atom. The van der Waals surface area contributed by atoms with Crippen molar-refractivity contribution >= 4 is 46.4 Å². The first-order valence-electron chi connectivity index (χ1n) is 10.9. The topological polar surface area (TPSA) is 61.9 Å². The van der Waals surface area contributed by atoms with E-state index in [4.69, 9.17) is 27.9 Å². The molecule has 0 aliphatic carbocycles. The number of ether oxygens (including phenoxy) is 1. The number of rotatable bonds is 5. The molecule has 1 aliphatic heterocycles. The van der Waals surface area contributed by atoms with Gasteiger partial charge in [-0.25, -0.2) is 0 Å². The standard InChI is InChI=1S/C26H25Cl2N3O3/c1-17-5-3-4-6-20(17)26(33)31-13-11-30(12-14-31)23-9-8-19(16-21(23)27)29-25(32)18-7-10-24(34-2)22(28)15-18/h3-10,15-16H,11-14H2,1-2H3,(H,29,32). The van der Waals surface area contributed by atoms with Crippen molar-refractivity contribution in [2.24, 2.45) is 0 Å². The van der Waals surface area contributed by atoms with E-state index in [0.717, 1.165) is 16.8 Å². The molecular weight excluding hydrogens is 473 g/mol. The maximum Gasteiger partial charge on any atom is 0.255 e. The Labute approximate surface area is 209 Å². The molecule has 0 unspecified atom stereocenters. The van der Waals surface area contributed by atoms with Gasteiger partial charge in [-0.2, -0.15) is 0 Å². The van der Waals surface area contributed by atoms with E-state index in [0.29, 0.717) is 53.2 Å². The summed E-state index contributed by atoms with van der Waals surface area (Å²) in [5.74, 6) is 0.267. The molecule has 0 bridgehead atoms. The Hall–Kier alpha value is -3.22. The van der Waals surface area contributed by atoms with Gasteiger partial charge in [-0.1, -0.05) is 41.4 Å². The van der Waals surface area contributed by atoms with Gasteiger partial charge >= 0.3 is 0 Å². The molecule has 0 aromatic heterocycles. The van der Waals surface area contributed by atoms with Gasteiger partial charge in [0.05, 0.1) is 22.8 Å². The van der Waals surface area contributed by atoms with Crippen molar-refractivity contribution in [3.05, 3.63) is 87.4 Å². The molecule has 176 valence electrons. The summed E-state index contributed by atoms with van der Waals surface area (Å²) in [7, 11) is 1.52. The van der Waals surface area contributed by atoms with Crippen molar-refractivity contribution in [3.63, 3.8) is 0 Å². The van der Waals surface area contributed by atoms with Crippen LogP contribution in [0, 0.1) is 6.92 Å². The van der Waals surface area contributed by atoms with Crippen LogP contribution in [0.15, 0.2) is 60.7 Å². The number of carbonyl (C=O) groups excluding carboxylic acids is 2.